The van der Waals surface area contributed by atoms with E-state index < -0.39 is 11.6 Å². The highest BCUT2D eigenvalue weighted by molar-refractivity contribution is 5.59. The molecule has 0 bridgehead atoms. The molecule has 0 amide bonds. The van der Waals surface area contributed by atoms with Gasteiger partial charge in [-0.2, -0.15) is 0 Å². The van der Waals surface area contributed by atoms with Crippen LogP contribution in [0.15, 0.2) is 30.3 Å². The highest BCUT2D eigenvalue weighted by atomic mass is 19.1. The maximum atomic E-state index is 13.5. The van der Waals surface area contributed by atoms with Crippen LogP contribution >= 0.6 is 0 Å². The van der Waals surface area contributed by atoms with Crippen LogP contribution in [0.4, 0.5) is 14.5 Å². The summed E-state index contributed by atoms with van der Waals surface area (Å²) in [6.07, 6.45) is 0. The molecule has 0 aromatic heterocycles. The topological polar surface area (TPSA) is 32.3 Å². The molecule has 0 aliphatic heterocycles. The summed E-state index contributed by atoms with van der Waals surface area (Å²) < 4.78 is 26.5. The van der Waals surface area contributed by atoms with E-state index in [1.165, 1.54) is 0 Å². The van der Waals surface area contributed by atoms with Gasteiger partial charge in [0.2, 0.25) is 0 Å². The van der Waals surface area contributed by atoms with Crippen LogP contribution in [-0.2, 0) is 6.54 Å². The third-order valence-electron chi connectivity index (χ3n) is 3.11. The summed E-state index contributed by atoms with van der Waals surface area (Å²) in [5.41, 5.74) is 2.42. The van der Waals surface area contributed by atoms with Gasteiger partial charge in [-0.25, -0.2) is 8.78 Å². The van der Waals surface area contributed by atoms with Gasteiger partial charge in [0.25, 0.3) is 0 Å². The van der Waals surface area contributed by atoms with Gasteiger partial charge < -0.3 is 10.4 Å². The molecular formula is C15H15F2NO. The Balaban J connectivity index is 2.19. The first-order valence-electron chi connectivity index (χ1n) is 5.96. The van der Waals surface area contributed by atoms with Crippen molar-refractivity contribution in [1.82, 2.24) is 0 Å². The van der Waals surface area contributed by atoms with Gasteiger partial charge in [-0.15, -0.1) is 0 Å². The summed E-state index contributed by atoms with van der Waals surface area (Å²) in [5.74, 6) is -0.714. The maximum absolute atomic E-state index is 13.5. The van der Waals surface area contributed by atoms with Crippen LogP contribution in [0.5, 0.6) is 5.75 Å². The number of nitrogens with one attached hydrogen (secondary N) is 1. The summed E-state index contributed by atoms with van der Waals surface area (Å²) in [6.45, 7) is 3.73. The molecule has 4 heteroatoms. The van der Waals surface area contributed by atoms with E-state index >= 15 is 0 Å². The van der Waals surface area contributed by atoms with Crippen molar-refractivity contribution in [3.63, 3.8) is 0 Å². The second-order valence-electron chi connectivity index (χ2n) is 4.49. The lowest BCUT2D eigenvalue weighted by atomic mass is 10.1. The fraction of sp³-hybridized carbons (Fsp3) is 0.200. The van der Waals surface area contributed by atoms with Gasteiger partial charge in [0.1, 0.15) is 17.4 Å². The Hall–Kier alpha value is -2.10. The number of rotatable bonds is 3. The molecule has 0 aliphatic rings. The lowest BCUT2D eigenvalue weighted by Gasteiger charge is -2.12. The van der Waals surface area contributed by atoms with Crippen LogP contribution in [-0.4, -0.2) is 5.11 Å². The number of aromatic hydroxyl groups is 1. The quantitative estimate of drug-likeness (QED) is 0.880. The van der Waals surface area contributed by atoms with Crippen molar-refractivity contribution in [2.24, 2.45) is 0 Å². The third-order valence-corrected chi connectivity index (χ3v) is 3.11. The predicted molar refractivity (Wildman–Crippen MR) is 71.3 cm³/mol. The first-order chi connectivity index (χ1) is 8.99. The SMILES string of the molecule is Cc1ccc(NCc2cc(F)ccc2F)c(C)c1O. The van der Waals surface area contributed by atoms with E-state index in [-0.39, 0.29) is 17.9 Å². The molecule has 0 unspecified atom stereocenters. The summed E-state index contributed by atoms with van der Waals surface area (Å²) in [7, 11) is 0. The summed E-state index contributed by atoms with van der Waals surface area (Å²) in [6, 6.07) is 6.92. The molecule has 2 N–H and O–H groups in total. The molecule has 0 fully saturated rings. The van der Waals surface area contributed by atoms with Crippen LogP contribution in [0.3, 0.4) is 0 Å². The number of halogens is 2. The number of benzene rings is 2. The van der Waals surface area contributed by atoms with E-state index in [9.17, 15) is 13.9 Å². The van der Waals surface area contributed by atoms with Gasteiger partial charge in [-0.3, -0.25) is 0 Å². The first kappa shape index (κ1) is 13.3. The van der Waals surface area contributed by atoms with Crippen LogP contribution < -0.4 is 5.32 Å². The second-order valence-corrected chi connectivity index (χ2v) is 4.49. The van der Waals surface area contributed by atoms with Crippen LogP contribution in [0, 0.1) is 25.5 Å². The molecule has 0 saturated carbocycles. The minimum absolute atomic E-state index is 0.160. The molecule has 19 heavy (non-hydrogen) atoms. The Morgan fingerprint density at radius 2 is 1.84 bits per heavy atom. The molecule has 0 radical (unpaired) electrons. The fourth-order valence-corrected chi connectivity index (χ4v) is 1.90. The zero-order valence-corrected chi connectivity index (χ0v) is 10.8. The molecule has 0 atom stereocenters. The van der Waals surface area contributed by atoms with Crippen molar-refractivity contribution >= 4 is 5.69 Å². The van der Waals surface area contributed by atoms with Crippen molar-refractivity contribution in [2.45, 2.75) is 20.4 Å². The molecule has 2 nitrogen and oxygen atoms in total. The monoisotopic (exact) mass is 263 g/mol. The van der Waals surface area contributed by atoms with Crippen LogP contribution in [0.1, 0.15) is 16.7 Å². The Labute approximate surface area is 110 Å². The Kier molecular flexibility index (Phi) is 3.69. The predicted octanol–water partition coefficient (Wildman–Crippen LogP) is 3.90. The van der Waals surface area contributed by atoms with E-state index in [0.29, 0.717) is 11.3 Å². The zero-order chi connectivity index (χ0) is 14.0. The highest BCUT2D eigenvalue weighted by Gasteiger charge is 2.08. The second kappa shape index (κ2) is 5.26. The van der Waals surface area contributed by atoms with E-state index in [2.05, 4.69) is 5.32 Å². The standard InChI is InChI=1S/C15H15F2NO/c1-9-3-6-14(10(2)15(9)19)18-8-11-7-12(16)4-5-13(11)17/h3-7,18-19H,8H2,1-2H3. The van der Waals surface area contributed by atoms with Crippen molar-refractivity contribution < 1.29 is 13.9 Å². The Morgan fingerprint density at radius 3 is 2.58 bits per heavy atom. The van der Waals surface area contributed by atoms with Gasteiger partial charge >= 0.3 is 0 Å². The van der Waals surface area contributed by atoms with Gasteiger partial charge in [-0.05, 0) is 43.7 Å². The van der Waals surface area contributed by atoms with Crippen molar-refractivity contribution in [2.75, 3.05) is 5.32 Å². The van der Waals surface area contributed by atoms with Crippen LogP contribution in [0.25, 0.3) is 0 Å². The molecular weight excluding hydrogens is 248 g/mol. The van der Waals surface area contributed by atoms with Gasteiger partial charge in [0.05, 0.1) is 0 Å². The third kappa shape index (κ3) is 2.84. The molecule has 2 aromatic carbocycles. The number of aryl methyl sites for hydroxylation is 1. The summed E-state index contributed by atoms with van der Waals surface area (Å²) in [5, 5.41) is 12.8. The average molecular weight is 263 g/mol. The normalized spacial score (nSPS) is 10.5. The first-order valence-corrected chi connectivity index (χ1v) is 5.96. The van der Waals surface area contributed by atoms with E-state index in [0.717, 1.165) is 23.8 Å². The maximum Gasteiger partial charge on any atom is 0.128 e. The minimum Gasteiger partial charge on any atom is -0.507 e. The lowest BCUT2D eigenvalue weighted by Crippen LogP contribution is -2.04. The number of hydrogen-bond donors (Lipinski definition) is 2. The zero-order valence-electron chi connectivity index (χ0n) is 10.8. The average Bonchev–Trinajstić information content (AvgIpc) is 2.39. The van der Waals surface area contributed by atoms with Crippen LogP contribution in [0.2, 0.25) is 0 Å². The van der Waals surface area contributed by atoms with E-state index in [1.807, 2.05) is 6.07 Å². The van der Waals surface area contributed by atoms with Gasteiger partial charge in [-0.1, -0.05) is 6.07 Å². The van der Waals surface area contributed by atoms with Crippen molar-refractivity contribution in [3.8, 4) is 5.75 Å². The van der Waals surface area contributed by atoms with E-state index in [1.54, 1.807) is 19.9 Å². The fourth-order valence-electron chi connectivity index (χ4n) is 1.90. The smallest absolute Gasteiger partial charge is 0.128 e. The lowest BCUT2D eigenvalue weighted by molar-refractivity contribution is 0.467. The number of phenolic OH excluding ortho intramolecular Hbond substituents is 1. The largest absolute Gasteiger partial charge is 0.507 e. The number of hydrogen-bond acceptors (Lipinski definition) is 2. The van der Waals surface area contributed by atoms with Gasteiger partial charge in [0.15, 0.2) is 0 Å². The molecule has 2 aromatic rings. The molecule has 0 saturated heterocycles. The molecule has 0 spiro atoms. The molecule has 100 valence electrons. The van der Waals surface area contributed by atoms with Crippen molar-refractivity contribution in [3.05, 3.63) is 58.7 Å². The van der Waals surface area contributed by atoms with Crippen molar-refractivity contribution in [1.29, 1.82) is 0 Å². The Bertz CT molecular complexity index is 611. The number of phenols is 1. The molecule has 0 heterocycles. The van der Waals surface area contributed by atoms with Gasteiger partial charge in [0, 0.05) is 23.4 Å². The Morgan fingerprint density at radius 1 is 1.11 bits per heavy atom. The molecule has 0 aliphatic carbocycles. The minimum atomic E-state index is -0.471. The highest BCUT2D eigenvalue weighted by Crippen LogP contribution is 2.28. The molecule has 2 rings (SSSR count). The number of anilines is 1. The van der Waals surface area contributed by atoms with E-state index in [4.69, 9.17) is 0 Å². The summed E-state index contributed by atoms with van der Waals surface area (Å²) in [4.78, 5) is 0. The summed E-state index contributed by atoms with van der Waals surface area (Å²) >= 11 is 0.